The Morgan fingerprint density at radius 2 is 1.78 bits per heavy atom. The zero-order valence-electron chi connectivity index (χ0n) is 9.79. The molecule has 0 unspecified atom stereocenters. The van der Waals surface area contributed by atoms with Crippen molar-refractivity contribution in [2.75, 3.05) is 0 Å². The maximum atomic E-state index is 13.4. The predicted octanol–water partition coefficient (Wildman–Crippen LogP) is 3.02. The molecule has 0 bridgehead atoms. The number of nitrogens with zero attached hydrogens (tertiary/aromatic N) is 1. The molecule has 0 aliphatic carbocycles. The molecule has 1 fully saturated rings. The van der Waals surface area contributed by atoms with Crippen molar-refractivity contribution in [2.24, 2.45) is 0 Å². The lowest BCUT2D eigenvalue weighted by Crippen LogP contribution is -2.34. The van der Waals surface area contributed by atoms with Gasteiger partial charge in [-0.25, -0.2) is 4.39 Å². The Morgan fingerprint density at radius 1 is 1.17 bits per heavy atom. The lowest BCUT2D eigenvalue weighted by atomic mass is 10.2. The van der Waals surface area contributed by atoms with Gasteiger partial charge in [0, 0.05) is 12.8 Å². The Kier molecular flexibility index (Phi) is 4.11. The summed E-state index contributed by atoms with van der Waals surface area (Å²) in [6, 6.07) is 4.61. The molecule has 0 spiro atoms. The molecule has 1 aliphatic heterocycles. The van der Waals surface area contributed by atoms with Crippen LogP contribution in [-0.2, 0) is 16.1 Å². The minimum Gasteiger partial charge on any atom is -0.278 e. The van der Waals surface area contributed by atoms with Crippen molar-refractivity contribution < 1.29 is 14.0 Å². The Balaban J connectivity index is 2.23. The summed E-state index contributed by atoms with van der Waals surface area (Å²) >= 11 is 3.14. The van der Waals surface area contributed by atoms with Crippen molar-refractivity contribution >= 4 is 27.7 Å². The second-order valence-electron chi connectivity index (χ2n) is 4.29. The fourth-order valence-electron chi connectivity index (χ4n) is 1.98. The molecular weight excluding hydrogens is 301 g/mol. The van der Waals surface area contributed by atoms with Crippen LogP contribution in [0.4, 0.5) is 4.39 Å². The van der Waals surface area contributed by atoms with Gasteiger partial charge in [-0.3, -0.25) is 14.5 Å². The summed E-state index contributed by atoms with van der Waals surface area (Å²) in [5.41, 5.74) is 0.610. The van der Waals surface area contributed by atoms with Crippen LogP contribution < -0.4 is 0 Å². The van der Waals surface area contributed by atoms with Gasteiger partial charge in [-0.1, -0.05) is 12.1 Å². The molecule has 0 atom stereocenters. The summed E-state index contributed by atoms with van der Waals surface area (Å²) in [7, 11) is 0. The number of likely N-dealkylation sites (tertiary alicyclic amines) is 1. The Bertz CT molecular complexity index is 472. The molecule has 0 aromatic heterocycles. The van der Waals surface area contributed by atoms with Crippen molar-refractivity contribution in [1.82, 2.24) is 4.90 Å². The molecular formula is C13H13BrFNO2. The second-order valence-corrected chi connectivity index (χ2v) is 5.09. The van der Waals surface area contributed by atoms with Crippen LogP contribution in [0.5, 0.6) is 0 Å². The number of rotatable bonds is 2. The first-order valence-corrected chi connectivity index (χ1v) is 6.65. The topological polar surface area (TPSA) is 37.4 Å². The summed E-state index contributed by atoms with van der Waals surface area (Å²) in [6.45, 7) is 0.135. The molecule has 0 saturated carbocycles. The van der Waals surface area contributed by atoms with Crippen LogP contribution in [0.3, 0.4) is 0 Å². The first-order chi connectivity index (χ1) is 8.59. The van der Waals surface area contributed by atoms with Gasteiger partial charge in [0.2, 0.25) is 11.8 Å². The third-order valence-electron chi connectivity index (χ3n) is 2.99. The van der Waals surface area contributed by atoms with E-state index in [-0.39, 0.29) is 24.2 Å². The summed E-state index contributed by atoms with van der Waals surface area (Å²) in [5.74, 6) is -0.732. The van der Waals surface area contributed by atoms with E-state index >= 15 is 0 Å². The number of carbonyl (C=O) groups excluding carboxylic acids is 2. The van der Waals surface area contributed by atoms with E-state index in [1.807, 2.05) is 0 Å². The average Bonchev–Trinajstić information content (AvgIpc) is 2.49. The van der Waals surface area contributed by atoms with E-state index < -0.39 is 0 Å². The smallest absolute Gasteiger partial charge is 0.229 e. The van der Waals surface area contributed by atoms with Gasteiger partial charge in [0.15, 0.2) is 0 Å². The number of hydrogen-bond donors (Lipinski definition) is 0. The molecule has 0 radical (unpaired) electrons. The zero-order chi connectivity index (χ0) is 13.1. The van der Waals surface area contributed by atoms with Crippen LogP contribution in [0.2, 0.25) is 0 Å². The number of amides is 2. The number of benzene rings is 1. The van der Waals surface area contributed by atoms with E-state index in [9.17, 15) is 14.0 Å². The van der Waals surface area contributed by atoms with Gasteiger partial charge in [0.25, 0.3) is 0 Å². The van der Waals surface area contributed by atoms with E-state index in [0.717, 1.165) is 12.8 Å². The molecule has 1 saturated heterocycles. The number of carbonyl (C=O) groups is 2. The van der Waals surface area contributed by atoms with E-state index in [1.54, 1.807) is 12.1 Å². The van der Waals surface area contributed by atoms with Gasteiger partial charge >= 0.3 is 0 Å². The standard InChI is InChI=1S/C13H13BrFNO2/c14-13-9(4-3-5-10(13)15)8-16-11(17)6-1-2-7-12(16)18/h3-5H,1-2,6-8H2. The van der Waals surface area contributed by atoms with Crippen molar-refractivity contribution in [3.63, 3.8) is 0 Å². The molecule has 1 aromatic carbocycles. The minimum atomic E-state index is -0.387. The maximum Gasteiger partial charge on any atom is 0.229 e. The quantitative estimate of drug-likeness (QED) is 0.787. The molecule has 2 amide bonds. The van der Waals surface area contributed by atoms with E-state index in [0.29, 0.717) is 22.9 Å². The lowest BCUT2D eigenvalue weighted by Gasteiger charge is -2.19. The molecule has 1 heterocycles. The van der Waals surface area contributed by atoms with E-state index in [1.165, 1.54) is 11.0 Å². The predicted molar refractivity (Wildman–Crippen MR) is 68.1 cm³/mol. The molecule has 0 N–H and O–H groups in total. The van der Waals surface area contributed by atoms with Gasteiger partial charge in [0.1, 0.15) is 5.82 Å². The van der Waals surface area contributed by atoms with Crippen LogP contribution in [0.25, 0.3) is 0 Å². The second kappa shape index (κ2) is 5.61. The van der Waals surface area contributed by atoms with Crippen LogP contribution in [0, 0.1) is 5.82 Å². The molecule has 2 rings (SSSR count). The van der Waals surface area contributed by atoms with Gasteiger partial charge in [-0.05, 0) is 40.4 Å². The number of imide groups is 1. The first-order valence-electron chi connectivity index (χ1n) is 5.85. The third-order valence-corrected chi connectivity index (χ3v) is 3.88. The van der Waals surface area contributed by atoms with Crippen LogP contribution in [0.15, 0.2) is 22.7 Å². The lowest BCUT2D eigenvalue weighted by molar-refractivity contribution is -0.144. The summed E-state index contributed by atoms with van der Waals surface area (Å²) in [5, 5.41) is 0. The molecule has 3 nitrogen and oxygen atoms in total. The first kappa shape index (κ1) is 13.2. The SMILES string of the molecule is O=C1CCCCC(=O)N1Cc1cccc(F)c1Br. The highest BCUT2D eigenvalue weighted by Crippen LogP contribution is 2.23. The van der Waals surface area contributed by atoms with Gasteiger partial charge < -0.3 is 0 Å². The largest absolute Gasteiger partial charge is 0.278 e. The molecule has 5 heteroatoms. The minimum absolute atomic E-state index is 0.135. The highest BCUT2D eigenvalue weighted by Gasteiger charge is 2.24. The highest BCUT2D eigenvalue weighted by molar-refractivity contribution is 9.10. The van der Waals surface area contributed by atoms with Crippen LogP contribution >= 0.6 is 15.9 Å². The fraction of sp³-hybridized carbons (Fsp3) is 0.385. The third kappa shape index (κ3) is 2.77. The number of hydrogen-bond acceptors (Lipinski definition) is 2. The van der Waals surface area contributed by atoms with Crippen molar-refractivity contribution in [1.29, 1.82) is 0 Å². The monoisotopic (exact) mass is 313 g/mol. The Labute approximate surface area is 113 Å². The highest BCUT2D eigenvalue weighted by atomic mass is 79.9. The average molecular weight is 314 g/mol. The van der Waals surface area contributed by atoms with Crippen molar-refractivity contribution in [3.8, 4) is 0 Å². The summed E-state index contributed by atoms with van der Waals surface area (Å²) in [6.07, 6.45) is 2.26. The van der Waals surface area contributed by atoms with Gasteiger partial charge in [0.05, 0.1) is 11.0 Å². The normalized spacial score (nSPS) is 16.9. The summed E-state index contributed by atoms with van der Waals surface area (Å²) < 4.78 is 13.7. The zero-order valence-corrected chi connectivity index (χ0v) is 11.4. The Hall–Kier alpha value is -1.23. The van der Waals surface area contributed by atoms with Crippen LogP contribution in [-0.4, -0.2) is 16.7 Å². The molecule has 96 valence electrons. The summed E-state index contributed by atoms with van der Waals surface area (Å²) in [4.78, 5) is 24.9. The van der Waals surface area contributed by atoms with Crippen LogP contribution in [0.1, 0.15) is 31.2 Å². The number of halogens is 2. The fourth-order valence-corrected chi connectivity index (χ4v) is 2.37. The Morgan fingerprint density at radius 3 is 2.39 bits per heavy atom. The van der Waals surface area contributed by atoms with Crippen molar-refractivity contribution in [2.45, 2.75) is 32.2 Å². The molecule has 1 aromatic rings. The van der Waals surface area contributed by atoms with E-state index in [4.69, 9.17) is 0 Å². The van der Waals surface area contributed by atoms with E-state index in [2.05, 4.69) is 15.9 Å². The van der Waals surface area contributed by atoms with Crippen molar-refractivity contribution in [3.05, 3.63) is 34.1 Å². The maximum absolute atomic E-state index is 13.4. The van der Waals surface area contributed by atoms with Gasteiger partial charge in [-0.2, -0.15) is 0 Å². The van der Waals surface area contributed by atoms with Gasteiger partial charge in [-0.15, -0.1) is 0 Å². The molecule has 18 heavy (non-hydrogen) atoms. The molecule has 1 aliphatic rings.